The lowest BCUT2D eigenvalue weighted by Crippen LogP contribution is -2.53. The smallest absolute Gasteiger partial charge is 0.0195 e. The first-order valence-electron chi connectivity index (χ1n) is 6.05. The average molecular weight is 196 g/mol. The molecule has 14 heavy (non-hydrogen) atoms. The summed E-state index contributed by atoms with van der Waals surface area (Å²) in [6, 6.07) is 1.60. The van der Waals surface area contributed by atoms with Crippen LogP contribution in [0.15, 0.2) is 0 Å². The highest BCUT2D eigenvalue weighted by Crippen LogP contribution is 2.39. The second-order valence-corrected chi connectivity index (χ2v) is 5.85. The standard InChI is InChI=1S/C12H24N2/c1-10-9-13-6-7-14(10)11-4-5-12(2,3)8-11/h10-11,13H,4-9H2,1-3H3. The zero-order valence-corrected chi connectivity index (χ0v) is 9.84. The van der Waals surface area contributed by atoms with Gasteiger partial charge in [-0.2, -0.15) is 0 Å². The van der Waals surface area contributed by atoms with Crippen molar-refractivity contribution in [2.24, 2.45) is 5.41 Å². The number of piperazine rings is 1. The SMILES string of the molecule is CC1CNCCN1C1CCC(C)(C)C1. The number of hydrogen-bond acceptors (Lipinski definition) is 2. The van der Waals surface area contributed by atoms with Gasteiger partial charge in [0.15, 0.2) is 0 Å². The minimum Gasteiger partial charge on any atom is -0.314 e. The highest BCUT2D eigenvalue weighted by molar-refractivity contribution is 4.91. The zero-order chi connectivity index (χ0) is 10.2. The van der Waals surface area contributed by atoms with Crippen LogP contribution in [-0.2, 0) is 0 Å². The fourth-order valence-electron chi connectivity index (χ4n) is 3.08. The number of nitrogens with zero attached hydrogens (tertiary/aromatic N) is 1. The number of rotatable bonds is 1. The van der Waals surface area contributed by atoms with Crippen LogP contribution < -0.4 is 5.32 Å². The molecule has 2 heteroatoms. The number of nitrogens with one attached hydrogen (secondary N) is 1. The second-order valence-electron chi connectivity index (χ2n) is 5.85. The summed E-state index contributed by atoms with van der Waals surface area (Å²) in [7, 11) is 0. The van der Waals surface area contributed by atoms with Crippen molar-refractivity contribution in [2.75, 3.05) is 19.6 Å². The molecule has 2 fully saturated rings. The quantitative estimate of drug-likeness (QED) is 0.688. The van der Waals surface area contributed by atoms with Gasteiger partial charge in [0, 0.05) is 31.7 Å². The molecule has 1 aliphatic carbocycles. The summed E-state index contributed by atoms with van der Waals surface area (Å²) in [5, 5.41) is 3.47. The van der Waals surface area contributed by atoms with Crippen molar-refractivity contribution >= 4 is 0 Å². The van der Waals surface area contributed by atoms with Gasteiger partial charge in [-0.05, 0) is 31.6 Å². The Balaban J connectivity index is 1.95. The summed E-state index contributed by atoms with van der Waals surface area (Å²) in [6.45, 7) is 10.8. The van der Waals surface area contributed by atoms with Crippen LogP contribution in [0.2, 0.25) is 0 Å². The Morgan fingerprint density at radius 3 is 2.71 bits per heavy atom. The van der Waals surface area contributed by atoms with E-state index >= 15 is 0 Å². The maximum atomic E-state index is 3.47. The van der Waals surface area contributed by atoms with Gasteiger partial charge >= 0.3 is 0 Å². The molecule has 1 N–H and O–H groups in total. The van der Waals surface area contributed by atoms with E-state index in [2.05, 4.69) is 31.0 Å². The van der Waals surface area contributed by atoms with Gasteiger partial charge in [0.1, 0.15) is 0 Å². The molecule has 0 aromatic rings. The molecule has 2 aliphatic rings. The molecule has 0 spiro atoms. The largest absolute Gasteiger partial charge is 0.314 e. The monoisotopic (exact) mass is 196 g/mol. The summed E-state index contributed by atoms with van der Waals surface area (Å²) in [4.78, 5) is 2.73. The van der Waals surface area contributed by atoms with Crippen molar-refractivity contribution in [3.8, 4) is 0 Å². The maximum absolute atomic E-state index is 3.47. The van der Waals surface area contributed by atoms with E-state index in [1.165, 1.54) is 38.9 Å². The third-order valence-corrected chi connectivity index (χ3v) is 3.96. The molecule has 2 rings (SSSR count). The molecular weight excluding hydrogens is 172 g/mol. The van der Waals surface area contributed by atoms with E-state index in [1.807, 2.05) is 0 Å². The zero-order valence-electron chi connectivity index (χ0n) is 9.84. The van der Waals surface area contributed by atoms with Crippen molar-refractivity contribution < 1.29 is 0 Å². The Morgan fingerprint density at radius 1 is 1.36 bits per heavy atom. The molecule has 1 aliphatic heterocycles. The molecule has 0 aromatic carbocycles. The molecule has 2 atom stereocenters. The minimum atomic E-state index is 0.593. The highest BCUT2D eigenvalue weighted by Gasteiger charge is 2.36. The summed E-state index contributed by atoms with van der Waals surface area (Å²) >= 11 is 0. The third kappa shape index (κ3) is 2.12. The highest BCUT2D eigenvalue weighted by atomic mass is 15.2. The Morgan fingerprint density at radius 2 is 2.14 bits per heavy atom. The Labute approximate surface area is 88.1 Å². The van der Waals surface area contributed by atoms with Crippen molar-refractivity contribution in [3.05, 3.63) is 0 Å². The molecule has 1 saturated carbocycles. The van der Waals surface area contributed by atoms with E-state index in [0.717, 1.165) is 12.1 Å². The maximum Gasteiger partial charge on any atom is 0.0195 e. The molecule has 0 aromatic heterocycles. The van der Waals surface area contributed by atoms with Crippen molar-refractivity contribution in [3.63, 3.8) is 0 Å². The van der Waals surface area contributed by atoms with Crippen molar-refractivity contribution in [1.29, 1.82) is 0 Å². The summed E-state index contributed by atoms with van der Waals surface area (Å²) in [5.41, 5.74) is 0.593. The van der Waals surface area contributed by atoms with Crippen LogP contribution in [0.4, 0.5) is 0 Å². The predicted molar refractivity (Wildman–Crippen MR) is 60.5 cm³/mol. The van der Waals surface area contributed by atoms with Gasteiger partial charge in [0.2, 0.25) is 0 Å². The second kappa shape index (κ2) is 3.82. The third-order valence-electron chi connectivity index (χ3n) is 3.96. The first kappa shape index (κ1) is 10.4. The van der Waals surface area contributed by atoms with Crippen LogP contribution in [0, 0.1) is 5.41 Å². The first-order chi connectivity index (χ1) is 6.58. The van der Waals surface area contributed by atoms with Crippen LogP contribution in [0.25, 0.3) is 0 Å². The summed E-state index contributed by atoms with van der Waals surface area (Å²) < 4.78 is 0. The van der Waals surface area contributed by atoms with Gasteiger partial charge in [-0.3, -0.25) is 4.90 Å². The van der Waals surface area contributed by atoms with Crippen LogP contribution in [0.5, 0.6) is 0 Å². The fraction of sp³-hybridized carbons (Fsp3) is 1.00. The molecule has 0 radical (unpaired) electrons. The van der Waals surface area contributed by atoms with Crippen LogP contribution >= 0.6 is 0 Å². The average Bonchev–Trinajstić information content (AvgIpc) is 2.47. The molecule has 0 amide bonds. The molecule has 0 bridgehead atoms. The van der Waals surface area contributed by atoms with E-state index in [-0.39, 0.29) is 0 Å². The molecule has 1 heterocycles. The van der Waals surface area contributed by atoms with Crippen molar-refractivity contribution in [1.82, 2.24) is 10.2 Å². The lowest BCUT2D eigenvalue weighted by molar-refractivity contribution is 0.112. The summed E-state index contributed by atoms with van der Waals surface area (Å²) in [6.07, 6.45) is 4.23. The molecule has 2 unspecified atom stereocenters. The molecule has 1 saturated heterocycles. The Kier molecular flexibility index (Phi) is 2.85. The topological polar surface area (TPSA) is 15.3 Å². The number of hydrogen-bond donors (Lipinski definition) is 1. The van der Waals surface area contributed by atoms with Gasteiger partial charge < -0.3 is 5.32 Å². The van der Waals surface area contributed by atoms with Gasteiger partial charge in [-0.1, -0.05) is 13.8 Å². The van der Waals surface area contributed by atoms with E-state index in [1.54, 1.807) is 0 Å². The lowest BCUT2D eigenvalue weighted by atomic mass is 9.91. The first-order valence-corrected chi connectivity index (χ1v) is 6.05. The summed E-state index contributed by atoms with van der Waals surface area (Å²) in [5.74, 6) is 0. The Hall–Kier alpha value is -0.0800. The normalized spacial score (nSPS) is 38.8. The fourth-order valence-corrected chi connectivity index (χ4v) is 3.08. The Bertz CT molecular complexity index is 200. The van der Waals surface area contributed by atoms with Gasteiger partial charge in [-0.25, -0.2) is 0 Å². The molecule has 82 valence electrons. The van der Waals surface area contributed by atoms with E-state index < -0.39 is 0 Å². The van der Waals surface area contributed by atoms with Crippen LogP contribution in [0.1, 0.15) is 40.0 Å². The lowest BCUT2D eigenvalue weighted by Gasteiger charge is -2.39. The van der Waals surface area contributed by atoms with Crippen molar-refractivity contribution in [2.45, 2.75) is 52.1 Å². The van der Waals surface area contributed by atoms with E-state index in [9.17, 15) is 0 Å². The van der Waals surface area contributed by atoms with Gasteiger partial charge in [0.25, 0.3) is 0 Å². The van der Waals surface area contributed by atoms with Crippen LogP contribution in [-0.4, -0.2) is 36.6 Å². The van der Waals surface area contributed by atoms with Gasteiger partial charge in [0.05, 0.1) is 0 Å². The van der Waals surface area contributed by atoms with Gasteiger partial charge in [-0.15, -0.1) is 0 Å². The van der Waals surface area contributed by atoms with E-state index in [0.29, 0.717) is 5.41 Å². The molecular formula is C12H24N2. The molecule has 2 nitrogen and oxygen atoms in total. The predicted octanol–water partition coefficient (Wildman–Crippen LogP) is 1.86. The van der Waals surface area contributed by atoms with E-state index in [4.69, 9.17) is 0 Å². The minimum absolute atomic E-state index is 0.593. The van der Waals surface area contributed by atoms with Crippen LogP contribution in [0.3, 0.4) is 0 Å².